The van der Waals surface area contributed by atoms with Crippen molar-refractivity contribution in [1.82, 2.24) is 10.3 Å². The van der Waals surface area contributed by atoms with Crippen LogP contribution in [0.1, 0.15) is 23.8 Å². The number of fused-ring (bicyclic) bond motifs is 1. The van der Waals surface area contributed by atoms with Crippen LogP contribution in [-0.2, 0) is 0 Å². The topological polar surface area (TPSA) is 24.9 Å². The highest BCUT2D eigenvalue weighted by Crippen LogP contribution is 2.32. The predicted octanol–water partition coefficient (Wildman–Crippen LogP) is 3.42. The average molecular weight is 253 g/mol. The Morgan fingerprint density at radius 1 is 1.44 bits per heavy atom. The molecule has 0 aliphatic carbocycles. The second-order valence-electron chi connectivity index (χ2n) is 4.21. The number of aromatic nitrogens is 1. The maximum atomic E-state index is 5.97. The molecule has 1 unspecified atom stereocenters. The Morgan fingerprint density at radius 3 is 3.19 bits per heavy atom. The minimum Gasteiger partial charge on any atom is -0.316 e. The zero-order valence-corrected chi connectivity index (χ0v) is 10.4. The van der Waals surface area contributed by atoms with Crippen LogP contribution in [0.25, 0.3) is 10.2 Å². The van der Waals surface area contributed by atoms with Gasteiger partial charge in [0.25, 0.3) is 0 Å². The van der Waals surface area contributed by atoms with Crippen LogP contribution in [0.5, 0.6) is 0 Å². The van der Waals surface area contributed by atoms with Crippen LogP contribution < -0.4 is 5.32 Å². The number of nitrogens with one attached hydrogen (secondary N) is 1. The molecular weight excluding hydrogens is 240 g/mol. The summed E-state index contributed by atoms with van der Waals surface area (Å²) in [6.45, 7) is 2.21. The summed E-state index contributed by atoms with van der Waals surface area (Å²) >= 11 is 7.77. The molecule has 0 spiro atoms. The van der Waals surface area contributed by atoms with Crippen molar-refractivity contribution in [2.24, 2.45) is 0 Å². The Kier molecular flexibility index (Phi) is 2.84. The van der Waals surface area contributed by atoms with E-state index in [1.54, 1.807) is 11.3 Å². The molecule has 2 heterocycles. The fraction of sp³-hybridized carbons (Fsp3) is 0.417. The zero-order valence-electron chi connectivity index (χ0n) is 8.87. The molecule has 0 amide bonds. The third-order valence-electron chi connectivity index (χ3n) is 3.01. The monoisotopic (exact) mass is 252 g/mol. The quantitative estimate of drug-likeness (QED) is 0.841. The van der Waals surface area contributed by atoms with E-state index < -0.39 is 0 Å². The van der Waals surface area contributed by atoms with E-state index in [0.717, 1.165) is 23.6 Å². The Labute approximate surface area is 104 Å². The molecular formula is C12H13ClN2S. The molecule has 1 aromatic carbocycles. The standard InChI is InChI=1S/C12H13ClN2S/c13-9-3-4-11-10(6-9)15-12(16-11)8-2-1-5-14-7-8/h3-4,6,8,14H,1-2,5,7H2. The summed E-state index contributed by atoms with van der Waals surface area (Å²) in [5.74, 6) is 0.588. The van der Waals surface area contributed by atoms with E-state index in [1.807, 2.05) is 12.1 Å². The van der Waals surface area contributed by atoms with Gasteiger partial charge in [-0.15, -0.1) is 11.3 Å². The summed E-state index contributed by atoms with van der Waals surface area (Å²) in [7, 11) is 0. The Bertz CT molecular complexity index is 503. The van der Waals surface area contributed by atoms with Crippen LogP contribution in [0.2, 0.25) is 5.02 Å². The SMILES string of the molecule is Clc1ccc2sc(C3CCCNC3)nc2c1. The number of hydrogen-bond acceptors (Lipinski definition) is 3. The number of benzene rings is 1. The van der Waals surface area contributed by atoms with Crippen molar-refractivity contribution in [1.29, 1.82) is 0 Å². The van der Waals surface area contributed by atoms with Crippen molar-refractivity contribution in [2.75, 3.05) is 13.1 Å². The van der Waals surface area contributed by atoms with Gasteiger partial charge in [-0.05, 0) is 37.6 Å². The van der Waals surface area contributed by atoms with E-state index in [4.69, 9.17) is 16.6 Å². The Hall–Kier alpha value is -0.640. The minimum absolute atomic E-state index is 0.588. The van der Waals surface area contributed by atoms with Gasteiger partial charge in [-0.25, -0.2) is 4.98 Å². The fourth-order valence-electron chi connectivity index (χ4n) is 2.16. The van der Waals surface area contributed by atoms with Gasteiger partial charge in [-0.3, -0.25) is 0 Å². The number of halogens is 1. The third kappa shape index (κ3) is 1.95. The molecule has 1 aliphatic heterocycles. The summed E-state index contributed by atoms with van der Waals surface area (Å²) in [6, 6.07) is 5.95. The van der Waals surface area contributed by atoms with E-state index in [-0.39, 0.29) is 0 Å². The lowest BCUT2D eigenvalue weighted by Crippen LogP contribution is -2.28. The molecule has 4 heteroatoms. The van der Waals surface area contributed by atoms with Gasteiger partial charge >= 0.3 is 0 Å². The first-order valence-electron chi connectivity index (χ1n) is 5.59. The van der Waals surface area contributed by atoms with Gasteiger partial charge in [-0.1, -0.05) is 11.6 Å². The third-order valence-corrected chi connectivity index (χ3v) is 4.45. The number of nitrogens with zero attached hydrogens (tertiary/aromatic N) is 1. The van der Waals surface area contributed by atoms with Crippen molar-refractivity contribution in [3.63, 3.8) is 0 Å². The average Bonchev–Trinajstić information content (AvgIpc) is 2.73. The van der Waals surface area contributed by atoms with Gasteiger partial charge < -0.3 is 5.32 Å². The van der Waals surface area contributed by atoms with E-state index >= 15 is 0 Å². The molecule has 1 N–H and O–H groups in total. The molecule has 0 saturated carbocycles. The highest BCUT2D eigenvalue weighted by molar-refractivity contribution is 7.18. The summed E-state index contributed by atoms with van der Waals surface area (Å²) in [5, 5.41) is 5.45. The number of rotatable bonds is 1. The molecule has 0 radical (unpaired) electrons. The lowest BCUT2D eigenvalue weighted by molar-refractivity contribution is 0.461. The van der Waals surface area contributed by atoms with Gasteiger partial charge in [0.2, 0.25) is 0 Å². The second-order valence-corrected chi connectivity index (χ2v) is 5.71. The summed E-state index contributed by atoms with van der Waals surface area (Å²) in [4.78, 5) is 4.69. The van der Waals surface area contributed by atoms with Crippen LogP contribution in [0, 0.1) is 0 Å². The Morgan fingerprint density at radius 2 is 2.38 bits per heavy atom. The normalized spacial score (nSPS) is 21.4. The van der Waals surface area contributed by atoms with Gasteiger partial charge in [0.05, 0.1) is 15.2 Å². The highest BCUT2D eigenvalue weighted by atomic mass is 35.5. The molecule has 1 aliphatic rings. The van der Waals surface area contributed by atoms with Gasteiger partial charge in [0, 0.05) is 17.5 Å². The summed E-state index contributed by atoms with van der Waals surface area (Å²) < 4.78 is 1.24. The number of thiazole rings is 1. The molecule has 16 heavy (non-hydrogen) atoms. The van der Waals surface area contributed by atoms with E-state index in [1.165, 1.54) is 22.5 Å². The minimum atomic E-state index is 0.588. The smallest absolute Gasteiger partial charge is 0.0982 e. The molecule has 0 bridgehead atoms. The van der Waals surface area contributed by atoms with Crippen LogP contribution in [0.15, 0.2) is 18.2 Å². The maximum Gasteiger partial charge on any atom is 0.0982 e. The van der Waals surface area contributed by atoms with E-state index in [9.17, 15) is 0 Å². The van der Waals surface area contributed by atoms with Crippen molar-refractivity contribution in [2.45, 2.75) is 18.8 Å². The molecule has 3 rings (SSSR count). The first-order valence-corrected chi connectivity index (χ1v) is 6.79. The van der Waals surface area contributed by atoms with Crippen LogP contribution in [0.3, 0.4) is 0 Å². The van der Waals surface area contributed by atoms with Crippen molar-refractivity contribution in [3.8, 4) is 0 Å². The summed E-state index contributed by atoms with van der Waals surface area (Å²) in [5.41, 5.74) is 1.04. The largest absolute Gasteiger partial charge is 0.316 e. The Balaban J connectivity index is 1.97. The lowest BCUT2D eigenvalue weighted by atomic mass is 10.0. The van der Waals surface area contributed by atoms with Gasteiger partial charge in [0.1, 0.15) is 0 Å². The highest BCUT2D eigenvalue weighted by Gasteiger charge is 2.18. The van der Waals surface area contributed by atoms with E-state index in [0.29, 0.717) is 5.92 Å². The lowest BCUT2D eigenvalue weighted by Gasteiger charge is -2.20. The number of piperidine rings is 1. The molecule has 2 aromatic rings. The second kappa shape index (κ2) is 4.32. The predicted molar refractivity (Wildman–Crippen MR) is 69.5 cm³/mol. The van der Waals surface area contributed by atoms with Crippen molar-refractivity contribution < 1.29 is 0 Å². The maximum absolute atomic E-state index is 5.97. The van der Waals surface area contributed by atoms with Gasteiger partial charge in [0.15, 0.2) is 0 Å². The summed E-state index contributed by atoms with van der Waals surface area (Å²) in [6.07, 6.45) is 2.50. The van der Waals surface area contributed by atoms with Crippen molar-refractivity contribution >= 4 is 33.2 Å². The first kappa shape index (κ1) is 10.5. The molecule has 1 fully saturated rings. The van der Waals surface area contributed by atoms with Crippen molar-refractivity contribution in [3.05, 3.63) is 28.2 Å². The number of hydrogen-bond donors (Lipinski definition) is 1. The molecule has 2 nitrogen and oxygen atoms in total. The fourth-order valence-corrected chi connectivity index (χ4v) is 3.40. The molecule has 1 saturated heterocycles. The van der Waals surface area contributed by atoms with Crippen LogP contribution in [-0.4, -0.2) is 18.1 Å². The molecule has 84 valence electrons. The molecule has 1 aromatic heterocycles. The zero-order chi connectivity index (χ0) is 11.0. The van der Waals surface area contributed by atoms with Crippen LogP contribution >= 0.6 is 22.9 Å². The van der Waals surface area contributed by atoms with Gasteiger partial charge in [-0.2, -0.15) is 0 Å². The first-order chi connectivity index (χ1) is 7.83. The van der Waals surface area contributed by atoms with Crippen LogP contribution in [0.4, 0.5) is 0 Å². The molecule has 1 atom stereocenters. The van der Waals surface area contributed by atoms with E-state index in [2.05, 4.69) is 11.4 Å².